The Balaban J connectivity index is 3.89. The molecule has 0 aliphatic carbocycles. The zero-order valence-corrected chi connectivity index (χ0v) is 12.2. The van der Waals surface area contributed by atoms with E-state index in [1.54, 1.807) is 0 Å². The molecule has 0 aliphatic rings. The minimum atomic E-state index is -0.766. The van der Waals surface area contributed by atoms with Crippen LogP contribution in [0.2, 0.25) is 0 Å². The standard InChI is InChI=1S/C14H26N2O3/c1-10(2)9-16-14(19)15-8-7-12(11(3)4)5-6-13(17)18/h11-12H,1,5-9H2,2-4H3,(H,17,18)(H2,15,16,19). The molecule has 0 fully saturated rings. The van der Waals surface area contributed by atoms with Crippen LogP contribution < -0.4 is 10.6 Å². The summed E-state index contributed by atoms with van der Waals surface area (Å²) in [6.45, 7) is 10.7. The molecule has 0 aromatic heterocycles. The highest BCUT2D eigenvalue weighted by atomic mass is 16.4. The number of carboxylic acid groups (broad SMARTS) is 1. The third-order valence-corrected chi connectivity index (χ3v) is 3.02. The summed E-state index contributed by atoms with van der Waals surface area (Å²) in [5, 5.41) is 14.2. The molecule has 0 spiro atoms. The Hall–Kier alpha value is -1.52. The first-order chi connectivity index (χ1) is 8.82. The molecule has 0 radical (unpaired) electrons. The van der Waals surface area contributed by atoms with Crippen LogP contribution in [0.15, 0.2) is 12.2 Å². The summed E-state index contributed by atoms with van der Waals surface area (Å²) in [6, 6.07) is -0.205. The highest BCUT2D eigenvalue weighted by Gasteiger charge is 2.15. The van der Waals surface area contributed by atoms with Gasteiger partial charge in [-0.15, -0.1) is 0 Å². The van der Waals surface area contributed by atoms with Crippen LogP contribution in [0.1, 0.15) is 40.0 Å². The first-order valence-corrected chi connectivity index (χ1v) is 6.70. The van der Waals surface area contributed by atoms with E-state index in [0.717, 1.165) is 12.0 Å². The Morgan fingerprint density at radius 1 is 1.21 bits per heavy atom. The molecule has 2 amide bonds. The largest absolute Gasteiger partial charge is 0.481 e. The molecule has 0 heterocycles. The van der Waals surface area contributed by atoms with E-state index in [2.05, 4.69) is 31.1 Å². The van der Waals surface area contributed by atoms with Crippen molar-refractivity contribution < 1.29 is 14.7 Å². The quantitative estimate of drug-likeness (QED) is 0.563. The maximum atomic E-state index is 11.4. The van der Waals surface area contributed by atoms with Crippen LogP contribution in [-0.2, 0) is 4.79 Å². The van der Waals surface area contributed by atoms with Gasteiger partial charge < -0.3 is 15.7 Å². The SMILES string of the molecule is C=C(C)CNC(=O)NCCC(CCC(=O)O)C(C)C. The highest BCUT2D eigenvalue weighted by molar-refractivity contribution is 5.74. The second-order valence-electron chi connectivity index (χ2n) is 5.29. The summed E-state index contributed by atoms with van der Waals surface area (Å²) in [4.78, 5) is 22.0. The normalized spacial score (nSPS) is 12.0. The van der Waals surface area contributed by atoms with Gasteiger partial charge in [0.25, 0.3) is 0 Å². The second kappa shape index (κ2) is 9.42. The molecule has 0 saturated carbocycles. The van der Waals surface area contributed by atoms with Crippen molar-refractivity contribution in [1.82, 2.24) is 10.6 Å². The van der Waals surface area contributed by atoms with Gasteiger partial charge >= 0.3 is 12.0 Å². The Bertz CT molecular complexity index is 314. The van der Waals surface area contributed by atoms with Gasteiger partial charge in [0.2, 0.25) is 0 Å². The number of hydrogen-bond acceptors (Lipinski definition) is 2. The van der Waals surface area contributed by atoms with Crippen LogP contribution in [-0.4, -0.2) is 30.2 Å². The van der Waals surface area contributed by atoms with Crippen LogP contribution in [0.4, 0.5) is 4.79 Å². The van der Waals surface area contributed by atoms with E-state index >= 15 is 0 Å². The second-order valence-corrected chi connectivity index (χ2v) is 5.29. The van der Waals surface area contributed by atoms with Crippen molar-refractivity contribution in [2.24, 2.45) is 11.8 Å². The number of urea groups is 1. The average molecular weight is 270 g/mol. The Morgan fingerprint density at radius 3 is 2.32 bits per heavy atom. The molecular formula is C14H26N2O3. The fourth-order valence-corrected chi connectivity index (χ4v) is 1.78. The lowest BCUT2D eigenvalue weighted by atomic mass is 9.88. The Labute approximate surface area is 115 Å². The Morgan fingerprint density at radius 2 is 1.84 bits per heavy atom. The summed E-state index contributed by atoms with van der Waals surface area (Å²) in [7, 11) is 0. The zero-order valence-electron chi connectivity index (χ0n) is 12.2. The van der Waals surface area contributed by atoms with E-state index < -0.39 is 5.97 Å². The van der Waals surface area contributed by atoms with Crippen molar-refractivity contribution in [2.75, 3.05) is 13.1 Å². The van der Waals surface area contributed by atoms with E-state index in [-0.39, 0.29) is 12.5 Å². The molecular weight excluding hydrogens is 244 g/mol. The lowest BCUT2D eigenvalue weighted by molar-refractivity contribution is -0.137. The number of hydrogen-bond donors (Lipinski definition) is 3. The van der Waals surface area contributed by atoms with Crippen LogP contribution in [0, 0.1) is 11.8 Å². The molecule has 0 aliphatic heterocycles. The molecule has 0 rings (SSSR count). The first kappa shape index (κ1) is 17.5. The van der Waals surface area contributed by atoms with Crippen molar-refractivity contribution >= 4 is 12.0 Å². The van der Waals surface area contributed by atoms with Gasteiger partial charge in [-0.3, -0.25) is 4.79 Å². The van der Waals surface area contributed by atoms with Crippen molar-refractivity contribution in [3.8, 4) is 0 Å². The van der Waals surface area contributed by atoms with Gasteiger partial charge in [-0.2, -0.15) is 0 Å². The maximum Gasteiger partial charge on any atom is 0.315 e. The van der Waals surface area contributed by atoms with E-state index in [4.69, 9.17) is 5.11 Å². The summed E-state index contributed by atoms with van der Waals surface area (Å²) in [5.41, 5.74) is 0.900. The monoisotopic (exact) mass is 270 g/mol. The van der Waals surface area contributed by atoms with E-state index in [9.17, 15) is 9.59 Å². The number of aliphatic carboxylic acids is 1. The number of carboxylic acids is 1. The molecule has 0 aromatic carbocycles. The van der Waals surface area contributed by atoms with Crippen molar-refractivity contribution in [3.63, 3.8) is 0 Å². The summed E-state index contributed by atoms with van der Waals surface area (Å²) < 4.78 is 0. The molecule has 0 saturated heterocycles. The van der Waals surface area contributed by atoms with Crippen molar-refractivity contribution in [1.29, 1.82) is 0 Å². The van der Waals surface area contributed by atoms with Gasteiger partial charge in [0.15, 0.2) is 0 Å². The van der Waals surface area contributed by atoms with Crippen LogP contribution in [0.3, 0.4) is 0 Å². The van der Waals surface area contributed by atoms with E-state index in [0.29, 0.717) is 31.3 Å². The van der Waals surface area contributed by atoms with Crippen LogP contribution in [0.5, 0.6) is 0 Å². The molecule has 19 heavy (non-hydrogen) atoms. The fourth-order valence-electron chi connectivity index (χ4n) is 1.78. The van der Waals surface area contributed by atoms with Crippen LogP contribution >= 0.6 is 0 Å². The fraction of sp³-hybridized carbons (Fsp3) is 0.714. The topological polar surface area (TPSA) is 78.4 Å². The summed E-state index contributed by atoms with van der Waals surface area (Å²) in [5.74, 6) is -0.0324. The zero-order chi connectivity index (χ0) is 14.8. The predicted octanol–water partition coefficient (Wildman–Crippen LogP) is 2.39. The van der Waals surface area contributed by atoms with E-state index in [1.165, 1.54) is 0 Å². The minimum Gasteiger partial charge on any atom is -0.481 e. The molecule has 0 aromatic rings. The lowest BCUT2D eigenvalue weighted by Crippen LogP contribution is -2.37. The molecule has 1 atom stereocenters. The third-order valence-electron chi connectivity index (χ3n) is 3.02. The minimum absolute atomic E-state index is 0.185. The third kappa shape index (κ3) is 10.1. The summed E-state index contributed by atoms with van der Waals surface area (Å²) in [6.07, 6.45) is 1.64. The predicted molar refractivity (Wildman–Crippen MR) is 76.0 cm³/mol. The number of amides is 2. The molecule has 3 N–H and O–H groups in total. The van der Waals surface area contributed by atoms with Crippen molar-refractivity contribution in [3.05, 3.63) is 12.2 Å². The van der Waals surface area contributed by atoms with Gasteiger partial charge in [-0.05, 0) is 31.6 Å². The van der Waals surface area contributed by atoms with E-state index in [1.807, 2.05) is 6.92 Å². The smallest absolute Gasteiger partial charge is 0.315 e. The maximum absolute atomic E-state index is 11.4. The molecule has 1 unspecified atom stereocenters. The van der Waals surface area contributed by atoms with Crippen molar-refractivity contribution in [2.45, 2.75) is 40.0 Å². The number of carbonyl (C=O) groups is 2. The molecule has 0 bridgehead atoms. The number of carbonyl (C=O) groups excluding carboxylic acids is 1. The molecule has 110 valence electrons. The molecule has 5 nitrogen and oxygen atoms in total. The van der Waals surface area contributed by atoms with Gasteiger partial charge in [0.05, 0.1) is 0 Å². The highest BCUT2D eigenvalue weighted by Crippen LogP contribution is 2.20. The van der Waals surface area contributed by atoms with Gasteiger partial charge in [0, 0.05) is 19.5 Å². The van der Waals surface area contributed by atoms with Crippen LogP contribution in [0.25, 0.3) is 0 Å². The van der Waals surface area contributed by atoms with Gasteiger partial charge in [0.1, 0.15) is 0 Å². The molecule has 5 heteroatoms. The number of nitrogens with one attached hydrogen (secondary N) is 2. The van der Waals surface area contributed by atoms with Gasteiger partial charge in [-0.1, -0.05) is 26.0 Å². The lowest BCUT2D eigenvalue weighted by Gasteiger charge is -2.20. The number of rotatable bonds is 9. The van der Waals surface area contributed by atoms with Gasteiger partial charge in [-0.25, -0.2) is 4.79 Å². The first-order valence-electron chi connectivity index (χ1n) is 6.70. The average Bonchev–Trinajstić information content (AvgIpc) is 2.30. The Kier molecular flexibility index (Phi) is 8.66. The summed E-state index contributed by atoms with van der Waals surface area (Å²) >= 11 is 0.